The molecule has 0 unspecified atom stereocenters. The molecule has 0 atom stereocenters. The first-order chi connectivity index (χ1) is 7.08. The molecule has 0 spiro atoms. The first-order valence-corrected chi connectivity index (χ1v) is 4.36. The Morgan fingerprint density at radius 2 is 2.33 bits per heavy atom. The lowest BCUT2D eigenvalue weighted by Gasteiger charge is -1.86. The van der Waals surface area contributed by atoms with Crippen LogP contribution in [-0.4, -0.2) is 30.6 Å². The third-order valence-electron chi connectivity index (χ3n) is 2.03. The molecule has 0 aliphatic rings. The highest BCUT2D eigenvalue weighted by molar-refractivity contribution is 5.87. The summed E-state index contributed by atoms with van der Waals surface area (Å²) in [6.45, 7) is 1.67. The van der Waals surface area contributed by atoms with E-state index in [4.69, 9.17) is 5.11 Å². The Hall–Kier alpha value is -2.11. The fraction of sp³-hybridized carbons (Fsp3) is 0.222. The Morgan fingerprint density at radius 1 is 1.60 bits per heavy atom. The summed E-state index contributed by atoms with van der Waals surface area (Å²) >= 11 is 0. The summed E-state index contributed by atoms with van der Waals surface area (Å²) in [5, 5.41) is 8.82. The number of H-pyrrole nitrogens is 1. The van der Waals surface area contributed by atoms with E-state index in [2.05, 4.69) is 15.0 Å². The number of hydrogen-bond donors (Lipinski definition) is 2. The van der Waals surface area contributed by atoms with Gasteiger partial charge in [-0.3, -0.25) is 0 Å². The lowest BCUT2D eigenvalue weighted by Crippen LogP contribution is -1.98. The van der Waals surface area contributed by atoms with Gasteiger partial charge in [-0.1, -0.05) is 0 Å². The predicted molar refractivity (Wildman–Crippen MR) is 52.5 cm³/mol. The molecule has 0 amide bonds. The van der Waals surface area contributed by atoms with Gasteiger partial charge in [-0.25, -0.2) is 14.8 Å². The quantitative estimate of drug-likeness (QED) is 0.761. The molecule has 6 heteroatoms. The molecule has 0 aliphatic heterocycles. The number of carbonyl (C=O) groups is 1. The van der Waals surface area contributed by atoms with E-state index in [1.165, 1.54) is 0 Å². The zero-order chi connectivity index (χ0) is 11.0. The number of aromatic carboxylic acids is 1. The standard InChI is InChI=1S/C9H10N4O2/c1-5-7(9(14)15)12-8(11-5)6-3-13(2)4-10-6/h3-4H,1-2H3,(H,11,12)(H,14,15). The number of nitrogens with one attached hydrogen (secondary N) is 1. The number of carboxylic acids is 1. The molecule has 2 N–H and O–H groups in total. The highest BCUT2D eigenvalue weighted by atomic mass is 16.4. The van der Waals surface area contributed by atoms with Crippen molar-refractivity contribution in [3.05, 3.63) is 23.9 Å². The molecule has 0 aliphatic carbocycles. The summed E-state index contributed by atoms with van der Waals surface area (Å²) in [6, 6.07) is 0. The van der Waals surface area contributed by atoms with E-state index in [-0.39, 0.29) is 5.69 Å². The topological polar surface area (TPSA) is 83.8 Å². The molecule has 0 saturated carbocycles. The van der Waals surface area contributed by atoms with E-state index in [9.17, 15) is 4.79 Å². The van der Waals surface area contributed by atoms with Crippen molar-refractivity contribution in [1.82, 2.24) is 19.5 Å². The Kier molecular flexibility index (Phi) is 2.03. The first kappa shape index (κ1) is 9.45. The molecule has 0 radical (unpaired) electrons. The van der Waals surface area contributed by atoms with Gasteiger partial charge in [-0.2, -0.15) is 0 Å². The van der Waals surface area contributed by atoms with Crippen LogP contribution in [0.2, 0.25) is 0 Å². The number of imidazole rings is 2. The van der Waals surface area contributed by atoms with E-state index < -0.39 is 5.97 Å². The lowest BCUT2D eigenvalue weighted by molar-refractivity contribution is 0.0690. The summed E-state index contributed by atoms with van der Waals surface area (Å²) in [7, 11) is 1.84. The number of aryl methyl sites for hydroxylation is 2. The minimum Gasteiger partial charge on any atom is -0.476 e. The van der Waals surface area contributed by atoms with Gasteiger partial charge in [0.05, 0.1) is 6.33 Å². The number of nitrogens with zero attached hydrogens (tertiary/aromatic N) is 3. The summed E-state index contributed by atoms with van der Waals surface area (Å²) in [5.74, 6) is -0.559. The van der Waals surface area contributed by atoms with Gasteiger partial charge in [0, 0.05) is 18.9 Å². The SMILES string of the molecule is Cc1[nH]c(-c2cn(C)cn2)nc1C(=O)O. The van der Waals surface area contributed by atoms with Crippen LogP contribution in [0.15, 0.2) is 12.5 Å². The van der Waals surface area contributed by atoms with E-state index >= 15 is 0 Å². The van der Waals surface area contributed by atoms with Gasteiger partial charge >= 0.3 is 5.97 Å². The molecule has 2 aromatic rings. The van der Waals surface area contributed by atoms with Crippen molar-refractivity contribution in [1.29, 1.82) is 0 Å². The predicted octanol–water partition coefficient (Wildman–Crippen LogP) is 0.817. The van der Waals surface area contributed by atoms with E-state index in [1.807, 2.05) is 7.05 Å². The van der Waals surface area contributed by atoms with Crippen LogP contribution in [0.25, 0.3) is 11.5 Å². The summed E-state index contributed by atoms with van der Waals surface area (Å²) in [5.41, 5.74) is 1.20. The minimum absolute atomic E-state index is 0.0376. The van der Waals surface area contributed by atoms with Crippen LogP contribution >= 0.6 is 0 Å². The van der Waals surface area contributed by atoms with Crippen molar-refractivity contribution >= 4 is 5.97 Å². The normalized spacial score (nSPS) is 10.5. The molecule has 0 saturated heterocycles. The maximum absolute atomic E-state index is 10.8. The maximum Gasteiger partial charge on any atom is 0.356 e. The number of hydrogen-bond acceptors (Lipinski definition) is 3. The van der Waals surface area contributed by atoms with Crippen LogP contribution < -0.4 is 0 Å². The average molecular weight is 206 g/mol. The van der Waals surface area contributed by atoms with Crippen LogP contribution in [-0.2, 0) is 7.05 Å². The fourth-order valence-electron chi connectivity index (χ4n) is 1.33. The van der Waals surface area contributed by atoms with Crippen molar-refractivity contribution in [2.75, 3.05) is 0 Å². The molecule has 0 fully saturated rings. The van der Waals surface area contributed by atoms with E-state index in [0.717, 1.165) is 0 Å². The third-order valence-corrected chi connectivity index (χ3v) is 2.03. The molecular weight excluding hydrogens is 196 g/mol. The summed E-state index contributed by atoms with van der Waals surface area (Å²) < 4.78 is 1.77. The zero-order valence-electron chi connectivity index (χ0n) is 8.35. The smallest absolute Gasteiger partial charge is 0.356 e. The van der Waals surface area contributed by atoms with E-state index in [1.54, 1.807) is 24.0 Å². The molecule has 2 heterocycles. The van der Waals surface area contributed by atoms with Crippen LogP contribution in [0.3, 0.4) is 0 Å². The van der Waals surface area contributed by atoms with Crippen molar-refractivity contribution in [2.45, 2.75) is 6.92 Å². The van der Waals surface area contributed by atoms with Crippen LogP contribution in [0.4, 0.5) is 0 Å². The van der Waals surface area contributed by atoms with Gasteiger partial charge < -0.3 is 14.7 Å². The number of rotatable bonds is 2. The van der Waals surface area contributed by atoms with Crippen molar-refractivity contribution < 1.29 is 9.90 Å². The average Bonchev–Trinajstić information content (AvgIpc) is 2.71. The Labute approximate surface area is 85.6 Å². The largest absolute Gasteiger partial charge is 0.476 e. The van der Waals surface area contributed by atoms with Gasteiger partial charge in [0.2, 0.25) is 0 Å². The first-order valence-electron chi connectivity index (χ1n) is 4.36. The molecular formula is C9H10N4O2. The molecule has 2 aromatic heterocycles. The van der Waals surface area contributed by atoms with Crippen molar-refractivity contribution in [3.63, 3.8) is 0 Å². The van der Waals surface area contributed by atoms with Gasteiger partial charge in [0.15, 0.2) is 11.5 Å². The summed E-state index contributed by atoms with van der Waals surface area (Å²) in [6.07, 6.45) is 3.40. The molecule has 0 bridgehead atoms. The molecule has 2 rings (SSSR count). The Morgan fingerprint density at radius 3 is 2.80 bits per heavy atom. The molecule has 78 valence electrons. The second kappa shape index (κ2) is 3.23. The van der Waals surface area contributed by atoms with Crippen LogP contribution in [0.1, 0.15) is 16.2 Å². The number of aromatic amines is 1. The summed E-state index contributed by atoms with van der Waals surface area (Å²) in [4.78, 5) is 21.7. The molecule has 15 heavy (non-hydrogen) atoms. The number of aromatic nitrogens is 4. The third kappa shape index (κ3) is 1.61. The van der Waals surface area contributed by atoms with E-state index in [0.29, 0.717) is 17.2 Å². The highest BCUT2D eigenvalue weighted by Crippen LogP contribution is 2.15. The molecule has 6 nitrogen and oxygen atoms in total. The second-order valence-electron chi connectivity index (χ2n) is 3.29. The minimum atomic E-state index is -1.04. The fourth-order valence-corrected chi connectivity index (χ4v) is 1.33. The maximum atomic E-state index is 10.8. The van der Waals surface area contributed by atoms with Gasteiger partial charge in [-0.15, -0.1) is 0 Å². The van der Waals surface area contributed by atoms with Crippen LogP contribution in [0, 0.1) is 6.92 Å². The Balaban J connectivity index is 2.46. The van der Waals surface area contributed by atoms with Gasteiger partial charge in [0.25, 0.3) is 0 Å². The lowest BCUT2D eigenvalue weighted by atomic mass is 10.4. The van der Waals surface area contributed by atoms with Crippen molar-refractivity contribution in [2.24, 2.45) is 7.05 Å². The van der Waals surface area contributed by atoms with Crippen molar-refractivity contribution in [3.8, 4) is 11.5 Å². The highest BCUT2D eigenvalue weighted by Gasteiger charge is 2.15. The second-order valence-corrected chi connectivity index (χ2v) is 3.29. The van der Waals surface area contributed by atoms with Gasteiger partial charge in [-0.05, 0) is 6.92 Å². The molecule has 0 aromatic carbocycles. The monoisotopic (exact) mass is 206 g/mol. The van der Waals surface area contributed by atoms with Gasteiger partial charge in [0.1, 0.15) is 5.69 Å². The Bertz CT molecular complexity index is 512. The van der Waals surface area contributed by atoms with Crippen LogP contribution in [0.5, 0.6) is 0 Å². The zero-order valence-corrected chi connectivity index (χ0v) is 8.35. The number of carboxylic acid groups (broad SMARTS) is 1.